The zero-order chi connectivity index (χ0) is 27.1. The number of amides is 2. The Balaban J connectivity index is 1.38. The van der Waals surface area contributed by atoms with Gasteiger partial charge in [-0.05, 0) is 35.0 Å². The average molecular weight is 622 g/mol. The number of rotatable bonds is 8. The lowest BCUT2D eigenvalue weighted by Gasteiger charge is -2.49. The van der Waals surface area contributed by atoms with E-state index in [1.165, 1.54) is 16.7 Å². The van der Waals surface area contributed by atoms with Gasteiger partial charge in [0.15, 0.2) is 23.6 Å². The molecule has 3 aromatic rings. The number of thioether (sulfide) groups is 1. The second-order valence-electron chi connectivity index (χ2n) is 8.47. The molecular formula is C23H23BrN7O5S2+. The summed E-state index contributed by atoms with van der Waals surface area (Å²) >= 11 is 6.04. The molecule has 12 nitrogen and oxygen atoms in total. The second kappa shape index (κ2) is 10.4. The fourth-order valence-electron chi connectivity index (χ4n) is 4.40. The summed E-state index contributed by atoms with van der Waals surface area (Å²) in [4.78, 5) is 48.9. The summed E-state index contributed by atoms with van der Waals surface area (Å²) in [5.41, 5.74) is 8.29. The van der Waals surface area contributed by atoms with Crippen LogP contribution in [0.2, 0.25) is 0 Å². The molecule has 4 N–H and O–H groups in total. The predicted octanol–water partition coefficient (Wildman–Crippen LogP) is 1.52. The first-order valence-corrected chi connectivity index (χ1v) is 14.2. The third-order valence-corrected chi connectivity index (χ3v) is 8.89. The van der Waals surface area contributed by atoms with Crippen LogP contribution in [0, 0.1) is 6.92 Å². The first-order chi connectivity index (χ1) is 18.2. The highest BCUT2D eigenvalue weighted by Gasteiger charge is 2.55. The lowest BCUT2D eigenvalue weighted by atomic mass is 10.0. The molecule has 5 rings (SSSR count). The molecule has 0 radical (unpaired) electrons. The Kier molecular flexibility index (Phi) is 7.15. The molecule has 1 fully saturated rings. The average Bonchev–Trinajstić information content (AvgIpc) is 3.49. The van der Waals surface area contributed by atoms with Gasteiger partial charge >= 0.3 is 5.97 Å². The Morgan fingerprint density at radius 3 is 2.89 bits per heavy atom. The van der Waals surface area contributed by atoms with E-state index >= 15 is 0 Å². The monoisotopic (exact) mass is 620 g/mol. The molecule has 0 aliphatic carbocycles. The molecule has 2 amide bonds. The minimum absolute atomic E-state index is 0.0527. The Bertz CT molecular complexity index is 1530. The lowest BCUT2D eigenvalue weighted by molar-refractivity contribution is -0.694. The number of hydrogen-bond acceptors (Lipinski definition) is 9. The molecule has 1 saturated heterocycles. The van der Waals surface area contributed by atoms with Gasteiger partial charge in [-0.2, -0.15) is 4.57 Å². The van der Waals surface area contributed by atoms with Gasteiger partial charge in [-0.3, -0.25) is 18.9 Å². The van der Waals surface area contributed by atoms with Crippen LogP contribution >= 0.6 is 39.0 Å². The van der Waals surface area contributed by atoms with Crippen LogP contribution < -0.4 is 15.6 Å². The molecule has 5 heterocycles. The van der Waals surface area contributed by atoms with E-state index in [1.807, 2.05) is 40.4 Å². The number of aromatic nitrogens is 3. The molecule has 0 unspecified atom stereocenters. The van der Waals surface area contributed by atoms with Gasteiger partial charge in [0.05, 0.1) is 10.8 Å². The highest BCUT2D eigenvalue weighted by Crippen LogP contribution is 2.40. The van der Waals surface area contributed by atoms with Crippen LogP contribution in [0.3, 0.4) is 0 Å². The summed E-state index contributed by atoms with van der Waals surface area (Å²) in [5, 5.41) is 17.8. The molecule has 15 heteroatoms. The van der Waals surface area contributed by atoms with Crippen LogP contribution in [0.5, 0.6) is 0 Å². The largest absolute Gasteiger partial charge is 0.477 e. The molecule has 2 aliphatic rings. The van der Waals surface area contributed by atoms with E-state index in [-0.39, 0.29) is 28.8 Å². The van der Waals surface area contributed by atoms with E-state index in [4.69, 9.17) is 10.6 Å². The number of carbonyl (C=O) groups is 3. The number of oxime groups is 1. The zero-order valence-electron chi connectivity index (χ0n) is 20.3. The molecular weight excluding hydrogens is 598 g/mol. The third-order valence-electron chi connectivity index (χ3n) is 6.23. The van der Waals surface area contributed by atoms with Crippen LogP contribution in [-0.2, 0) is 25.8 Å². The normalized spacial score (nSPS) is 19.4. The summed E-state index contributed by atoms with van der Waals surface area (Å²) in [6.45, 7) is 4.21. The number of nitrogens with two attached hydrogens (primary N) is 1. The van der Waals surface area contributed by atoms with Crippen molar-refractivity contribution in [3.8, 4) is 0 Å². The number of carboxylic acid groups (broad SMARTS) is 1. The van der Waals surface area contributed by atoms with Crippen molar-refractivity contribution in [2.75, 3.05) is 18.1 Å². The third kappa shape index (κ3) is 4.54. The highest BCUT2D eigenvalue weighted by molar-refractivity contribution is 9.10. The number of anilines is 1. The van der Waals surface area contributed by atoms with E-state index in [1.54, 1.807) is 12.3 Å². The molecule has 0 bridgehead atoms. The van der Waals surface area contributed by atoms with Gasteiger partial charge in [0, 0.05) is 23.6 Å². The number of carbonyl (C=O) groups excluding carboxylic acids is 2. The van der Waals surface area contributed by atoms with Gasteiger partial charge in [-0.1, -0.05) is 5.16 Å². The Labute approximate surface area is 233 Å². The van der Waals surface area contributed by atoms with Crippen molar-refractivity contribution in [3.63, 3.8) is 0 Å². The van der Waals surface area contributed by atoms with Crippen LogP contribution in [0.1, 0.15) is 18.3 Å². The number of aryl methyl sites for hydroxylation is 1. The number of aliphatic carboxylic acids is 1. The number of carboxylic acids is 1. The van der Waals surface area contributed by atoms with Crippen molar-refractivity contribution in [1.82, 2.24) is 19.6 Å². The molecule has 0 aromatic carbocycles. The van der Waals surface area contributed by atoms with Crippen LogP contribution in [0.4, 0.5) is 5.13 Å². The summed E-state index contributed by atoms with van der Waals surface area (Å²) in [7, 11) is 0. The van der Waals surface area contributed by atoms with E-state index < -0.39 is 29.2 Å². The highest BCUT2D eigenvalue weighted by atomic mass is 79.9. The van der Waals surface area contributed by atoms with Crippen LogP contribution in [-0.4, -0.2) is 66.7 Å². The first-order valence-electron chi connectivity index (χ1n) is 11.5. The number of nitrogens with one attached hydrogen (secondary N) is 1. The minimum atomic E-state index is -1.19. The first kappa shape index (κ1) is 26.2. The van der Waals surface area contributed by atoms with E-state index in [9.17, 15) is 19.5 Å². The number of nitrogens with zero attached hydrogens (tertiary/aromatic N) is 5. The number of thiazole rings is 1. The fourth-order valence-corrected chi connectivity index (χ4v) is 6.72. The number of halogens is 1. The maximum absolute atomic E-state index is 13.1. The molecule has 0 spiro atoms. The molecule has 2 atom stereocenters. The van der Waals surface area contributed by atoms with Gasteiger partial charge in [-0.25, -0.2) is 9.78 Å². The smallest absolute Gasteiger partial charge is 0.352 e. The Morgan fingerprint density at radius 2 is 2.21 bits per heavy atom. The van der Waals surface area contributed by atoms with Crippen molar-refractivity contribution in [1.29, 1.82) is 0 Å². The van der Waals surface area contributed by atoms with Crippen molar-refractivity contribution in [2.24, 2.45) is 5.16 Å². The van der Waals surface area contributed by atoms with Gasteiger partial charge in [0.2, 0.25) is 5.69 Å². The Hall–Kier alpha value is -3.43. The Morgan fingerprint density at radius 1 is 1.42 bits per heavy atom. The van der Waals surface area contributed by atoms with E-state index in [0.717, 1.165) is 27.2 Å². The zero-order valence-corrected chi connectivity index (χ0v) is 23.5. The van der Waals surface area contributed by atoms with Gasteiger partial charge in [0.1, 0.15) is 34.9 Å². The maximum atomic E-state index is 13.1. The fraction of sp³-hybridized carbons (Fsp3) is 0.304. The number of β-lactam (4-membered cyclic amide) rings is 1. The number of nitrogen functional groups attached to an aromatic ring is 1. The van der Waals surface area contributed by atoms with Gasteiger partial charge < -0.3 is 21.0 Å². The van der Waals surface area contributed by atoms with E-state index in [2.05, 4.69) is 31.4 Å². The molecule has 198 valence electrons. The molecule has 2 aliphatic heterocycles. The lowest BCUT2D eigenvalue weighted by Crippen LogP contribution is -2.71. The predicted molar refractivity (Wildman–Crippen MR) is 144 cm³/mol. The summed E-state index contributed by atoms with van der Waals surface area (Å²) < 4.78 is 4.86. The summed E-state index contributed by atoms with van der Waals surface area (Å²) in [6.07, 6.45) is 3.77. The van der Waals surface area contributed by atoms with Crippen LogP contribution in [0.15, 0.2) is 50.9 Å². The number of hydrogen-bond donors (Lipinski definition) is 3. The standard InChI is InChI=1S/C23H22BrN7O5S2/c1-3-36-28-16(13-10-38-23(25)26-13)19(32)27-17-20(33)31-18(22(34)35)12(9-37-21(17)31)8-29-6-7-30-14(11(29)2)4-5-15(30)24/h4-7,10,17,21H,3,8-9H2,1-2H3,(H3-,25,26,27,32,34,35)/p+1/t17-,21+/m1/s1. The van der Waals surface area contributed by atoms with Crippen LogP contribution in [0.25, 0.3) is 5.52 Å². The van der Waals surface area contributed by atoms with Crippen molar-refractivity contribution >= 4 is 73.2 Å². The maximum Gasteiger partial charge on any atom is 0.352 e. The van der Waals surface area contributed by atoms with Crippen molar-refractivity contribution in [3.05, 3.63) is 57.2 Å². The molecule has 38 heavy (non-hydrogen) atoms. The molecule has 3 aromatic heterocycles. The quantitative estimate of drug-likeness (QED) is 0.148. The minimum Gasteiger partial charge on any atom is -0.477 e. The van der Waals surface area contributed by atoms with Gasteiger partial charge in [-0.15, -0.1) is 23.1 Å². The van der Waals surface area contributed by atoms with E-state index in [0.29, 0.717) is 17.9 Å². The van der Waals surface area contributed by atoms with Crippen molar-refractivity contribution in [2.45, 2.75) is 31.8 Å². The van der Waals surface area contributed by atoms with Crippen molar-refractivity contribution < 1.29 is 28.9 Å². The molecule has 0 saturated carbocycles. The topological polar surface area (TPSA) is 156 Å². The summed E-state index contributed by atoms with van der Waals surface area (Å²) in [5.74, 6) is -1.98. The SMILES string of the molecule is CCON=C(C(=O)N[C@@H]1C(=O)N2C(C(=O)O)=C(C[n+]3ccn4c(Br)ccc4c3C)CS[C@@H]12)c1csc(N)n1. The number of fused-ring (bicyclic) bond motifs is 2. The second-order valence-corrected chi connectivity index (χ2v) is 11.3. The van der Waals surface area contributed by atoms with Gasteiger partial charge in [0.25, 0.3) is 11.8 Å². The summed E-state index contributed by atoms with van der Waals surface area (Å²) in [6, 6.07) is 3.00.